The lowest BCUT2D eigenvalue weighted by Gasteiger charge is -2.13. The molecule has 0 atom stereocenters. The van der Waals surface area contributed by atoms with Crippen molar-refractivity contribution < 1.29 is 9.53 Å². The van der Waals surface area contributed by atoms with Crippen molar-refractivity contribution in [1.82, 2.24) is 9.78 Å². The number of hydrogen-bond donors (Lipinski definition) is 1. The maximum absolute atomic E-state index is 11.4. The molecule has 0 aliphatic heterocycles. The minimum Gasteiger partial charge on any atom is -0.469 e. The molecule has 0 unspecified atom stereocenters. The topological polar surface area (TPSA) is 70.1 Å². The Morgan fingerprint density at radius 2 is 2.26 bits per heavy atom. The van der Waals surface area contributed by atoms with E-state index in [-0.39, 0.29) is 11.4 Å². The Morgan fingerprint density at radius 3 is 2.79 bits per heavy atom. The Morgan fingerprint density at radius 1 is 1.58 bits per heavy atom. The maximum Gasteiger partial charge on any atom is 0.306 e. The third-order valence-electron chi connectivity index (χ3n) is 3.71. The Kier molecular flexibility index (Phi) is 4.20. The molecular weight excluding hydrogens is 262 g/mol. The number of methoxy groups -OCH3 is 1. The van der Waals surface area contributed by atoms with Crippen LogP contribution in [0.3, 0.4) is 0 Å². The summed E-state index contributed by atoms with van der Waals surface area (Å²) in [4.78, 5) is 11.4. The number of nitrogens with two attached hydrogens (primary N) is 1. The summed E-state index contributed by atoms with van der Waals surface area (Å²) in [5.74, 6) is 0.812. The lowest BCUT2D eigenvalue weighted by Crippen LogP contribution is -2.13. The van der Waals surface area contributed by atoms with Gasteiger partial charge in [-0.3, -0.25) is 9.48 Å². The van der Waals surface area contributed by atoms with E-state index in [1.54, 1.807) is 11.8 Å². The molecule has 1 fully saturated rings. The van der Waals surface area contributed by atoms with E-state index < -0.39 is 0 Å². The summed E-state index contributed by atoms with van der Waals surface area (Å²) in [6.07, 6.45) is 2.72. The summed E-state index contributed by atoms with van der Waals surface area (Å²) in [6, 6.07) is 0. The van der Waals surface area contributed by atoms with E-state index >= 15 is 0 Å². The van der Waals surface area contributed by atoms with Crippen molar-refractivity contribution >= 4 is 17.7 Å². The Labute approximate surface area is 117 Å². The molecule has 1 aliphatic carbocycles. The molecule has 6 heteroatoms. The molecule has 1 saturated carbocycles. The van der Waals surface area contributed by atoms with Crippen LogP contribution >= 0.6 is 11.8 Å². The molecule has 1 aromatic rings. The van der Waals surface area contributed by atoms with Crippen molar-refractivity contribution in [2.45, 2.75) is 37.8 Å². The second kappa shape index (κ2) is 5.54. The van der Waals surface area contributed by atoms with Gasteiger partial charge in [-0.05, 0) is 25.2 Å². The summed E-state index contributed by atoms with van der Waals surface area (Å²) < 4.78 is 6.65. The number of esters is 1. The predicted octanol–water partition coefficient (Wildman–Crippen LogP) is 1.62. The lowest BCUT2D eigenvalue weighted by molar-refractivity contribution is -0.141. The van der Waals surface area contributed by atoms with Gasteiger partial charge in [-0.1, -0.05) is 0 Å². The fourth-order valence-electron chi connectivity index (χ4n) is 2.25. The summed E-state index contributed by atoms with van der Waals surface area (Å²) in [5, 5.41) is 5.53. The Hall–Kier alpha value is -1.01. The smallest absolute Gasteiger partial charge is 0.306 e. The minimum absolute atomic E-state index is 0.113. The first-order valence-corrected chi connectivity index (χ1v) is 7.42. The summed E-state index contributed by atoms with van der Waals surface area (Å²) >= 11 is 1.75. The zero-order valence-corrected chi connectivity index (χ0v) is 12.5. The number of aromatic nitrogens is 2. The highest BCUT2D eigenvalue weighted by Gasteiger charge is 2.44. The van der Waals surface area contributed by atoms with Gasteiger partial charge >= 0.3 is 5.97 Å². The second-order valence-electron chi connectivity index (χ2n) is 5.24. The molecule has 1 aromatic heterocycles. The largest absolute Gasteiger partial charge is 0.469 e. The Bertz CT molecular complexity index is 480. The van der Waals surface area contributed by atoms with Gasteiger partial charge in [0.2, 0.25) is 0 Å². The molecule has 1 aliphatic rings. The number of hydrogen-bond acceptors (Lipinski definition) is 5. The summed E-state index contributed by atoms with van der Waals surface area (Å²) in [7, 11) is 3.39. The number of carbonyl (C=O) groups is 1. The molecule has 0 radical (unpaired) electrons. The molecule has 106 valence electrons. The van der Waals surface area contributed by atoms with E-state index in [1.807, 2.05) is 18.7 Å². The van der Waals surface area contributed by atoms with Crippen molar-refractivity contribution in [2.75, 3.05) is 12.9 Å². The molecule has 0 aromatic carbocycles. The fourth-order valence-corrected chi connectivity index (χ4v) is 3.71. The third kappa shape index (κ3) is 3.12. The summed E-state index contributed by atoms with van der Waals surface area (Å²) in [5.41, 5.74) is 8.01. The molecule has 2 N–H and O–H groups in total. The van der Waals surface area contributed by atoms with Crippen LogP contribution in [0.2, 0.25) is 0 Å². The van der Waals surface area contributed by atoms with Gasteiger partial charge in [0.1, 0.15) is 0 Å². The molecule has 0 amide bonds. The number of aryl methyl sites for hydroxylation is 2. The van der Waals surface area contributed by atoms with Crippen LogP contribution in [0, 0.1) is 12.3 Å². The van der Waals surface area contributed by atoms with Crippen LogP contribution in [-0.2, 0) is 23.1 Å². The minimum atomic E-state index is -0.113. The van der Waals surface area contributed by atoms with E-state index in [0.29, 0.717) is 13.0 Å². The van der Waals surface area contributed by atoms with Crippen molar-refractivity contribution in [3.05, 3.63) is 11.3 Å². The fraction of sp³-hybridized carbons (Fsp3) is 0.692. The first-order chi connectivity index (χ1) is 9.01. The van der Waals surface area contributed by atoms with E-state index in [9.17, 15) is 4.79 Å². The third-order valence-corrected chi connectivity index (χ3v) is 5.25. The van der Waals surface area contributed by atoms with Gasteiger partial charge in [0.05, 0.1) is 24.3 Å². The molecule has 0 bridgehead atoms. The predicted molar refractivity (Wildman–Crippen MR) is 74.9 cm³/mol. The van der Waals surface area contributed by atoms with Gasteiger partial charge in [0.25, 0.3) is 0 Å². The zero-order chi connectivity index (χ0) is 14.0. The molecule has 0 spiro atoms. The quantitative estimate of drug-likeness (QED) is 0.634. The molecule has 1 heterocycles. The summed E-state index contributed by atoms with van der Waals surface area (Å²) in [6.45, 7) is 2.49. The average Bonchev–Trinajstić information content (AvgIpc) is 3.07. The highest BCUT2D eigenvalue weighted by atomic mass is 32.2. The molecule has 2 rings (SSSR count). The number of nitrogens with zero attached hydrogens (tertiary/aromatic N) is 2. The number of ether oxygens (including phenoxy) is 1. The Balaban J connectivity index is 2.01. The molecular formula is C13H21N3O2S. The van der Waals surface area contributed by atoms with Gasteiger partial charge in [-0.15, -0.1) is 11.8 Å². The van der Waals surface area contributed by atoms with E-state index in [1.165, 1.54) is 7.11 Å². The second-order valence-corrected chi connectivity index (χ2v) is 6.20. The van der Waals surface area contributed by atoms with Crippen LogP contribution in [0.5, 0.6) is 0 Å². The number of rotatable bonds is 6. The maximum atomic E-state index is 11.4. The van der Waals surface area contributed by atoms with Crippen molar-refractivity contribution in [1.29, 1.82) is 0 Å². The van der Waals surface area contributed by atoms with Crippen LogP contribution in [0.15, 0.2) is 5.03 Å². The van der Waals surface area contributed by atoms with Crippen molar-refractivity contribution in [3.8, 4) is 0 Å². The van der Waals surface area contributed by atoms with Crippen LogP contribution in [0.4, 0.5) is 0 Å². The molecule has 19 heavy (non-hydrogen) atoms. The molecule has 5 nitrogen and oxygen atoms in total. The van der Waals surface area contributed by atoms with Gasteiger partial charge in [-0.25, -0.2) is 0 Å². The van der Waals surface area contributed by atoms with Crippen molar-refractivity contribution in [3.63, 3.8) is 0 Å². The van der Waals surface area contributed by atoms with Crippen LogP contribution in [0.1, 0.15) is 30.5 Å². The van der Waals surface area contributed by atoms with Crippen molar-refractivity contribution in [2.24, 2.45) is 18.2 Å². The first-order valence-electron chi connectivity index (χ1n) is 6.43. The lowest BCUT2D eigenvalue weighted by atomic mass is 10.1. The van der Waals surface area contributed by atoms with E-state index in [0.717, 1.165) is 34.9 Å². The standard InChI is InChI=1S/C13H21N3O2S/c1-9-10(7-14)12(16(2)15-9)19-8-13(4-5-13)6-11(17)18-3/h4-8,14H2,1-3H3. The molecule has 0 saturated heterocycles. The van der Waals surface area contributed by atoms with Crippen LogP contribution < -0.4 is 5.73 Å². The zero-order valence-electron chi connectivity index (χ0n) is 11.7. The highest BCUT2D eigenvalue weighted by molar-refractivity contribution is 7.99. The first kappa shape index (κ1) is 14.4. The number of carbonyl (C=O) groups excluding carboxylic acids is 1. The van der Waals surface area contributed by atoms with Crippen LogP contribution in [-0.4, -0.2) is 28.6 Å². The highest BCUT2D eigenvalue weighted by Crippen LogP contribution is 2.52. The van der Waals surface area contributed by atoms with Gasteiger partial charge in [0, 0.05) is 24.9 Å². The monoisotopic (exact) mass is 283 g/mol. The number of thioether (sulfide) groups is 1. The van der Waals surface area contributed by atoms with Gasteiger partial charge in [-0.2, -0.15) is 5.10 Å². The van der Waals surface area contributed by atoms with Crippen LogP contribution in [0.25, 0.3) is 0 Å². The SMILES string of the molecule is COC(=O)CC1(CSc2c(CN)c(C)nn2C)CC1. The van der Waals surface area contributed by atoms with Gasteiger partial charge < -0.3 is 10.5 Å². The van der Waals surface area contributed by atoms with E-state index in [2.05, 4.69) is 5.10 Å². The van der Waals surface area contributed by atoms with Gasteiger partial charge in [0.15, 0.2) is 0 Å². The normalized spacial score (nSPS) is 16.4. The van der Waals surface area contributed by atoms with E-state index in [4.69, 9.17) is 10.5 Å². The average molecular weight is 283 g/mol.